The van der Waals surface area contributed by atoms with Gasteiger partial charge >= 0.3 is 18.9 Å². The summed E-state index contributed by atoms with van der Waals surface area (Å²) in [5.74, 6) is -1.09. The number of amides is 1. The molecule has 1 atom stereocenters. The van der Waals surface area contributed by atoms with Gasteiger partial charge in [-0.2, -0.15) is 11.8 Å². The van der Waals surface area contributed by atoms with Crippen molar-refractivity contribution in [2.75, 3.05) is 18.6 Å². The van der Waals surface area contributed by atoms with E-state index in [-0.39, 0.29) is 18.9 Å². The van der Waals surface area contributed by atoms with Gasteiger partial charge in [-0.25, -0.2) is 0 Å². The van der Waals surface area contributed by atoms with Crippen LogP contribution in [0.1, 0.15) is 33.5 Å². The van der Waals surface area contributed by atoms with Gasteiger partial charge in [-0.1, -0.05) is 60.7 Å². The standard InChI is InChI=1S/C28H31NO4S.Li/c1-20-8-6-7-11-23(20)25-18-22(19-33-16-14-21-9-4-3-5-10-21)12-13-24(25)27(30)29-26(28(31)32)15-17-34-2;/h3-13,18,26H,14-17,19H2,1-2H3,(H,29,30)(H,31,32);/q;+1/p-1/t26-;/m0./s1. The molecule has 1 amide bonds. The van der Waals surface area contributed by atoms with Gasteiger partial charge in [0.1, 0.15) is 0 Å². The molecule has 3 aromatic carbocycles. The van der Waals surface area contributed by atoms with Crippen molar-refractivity contribution in [1.29, 1.82) is 0 Å². The molecule has 0 aliphatic rings. The number of rotatable bonds is 12. The molecule has 5 nitrogen and oxygen atoms in total. The summed E-state index contributed by atoms with van der Waals surface area (Å²) in [6, 6.07) is 22.5. The minimum absolute atomic E-state index is 0. The first-order valence-electron chi connectivity index (χ1n) is 11.3. The Morgan fingerprint density at radius 1 is 0.971 bits per heavy atom. The largest absolute Gasteiger partial charge is 1.00 e. The van der Waals surface area contributed by atoms with Crippen LogP contribution in [0.2, 0.25) is 0 Å². The van der Waals surface area contributed by atoms with Crippen LogP contribution in [0.25, 0.3) is 11.1 Å². The summed E-state index contributed by atoms with van der Waals surface area (Å²) in [5, 5.41) is 14.2. The third-order valence-electron chi connectivity index (χ3n) is 5.61. The van der Waals surface area contributed by atoms with Crippen molar-refractivity contribution in [1.82, 2.24) is 5.32 Å². The Hall–Kier alpha value is -2.49. The Morgan fingerprint density at radius 2 is 1.69 bits per heavy atom. The number of carboxylic acids is 1. The van der Waals surface area contributed by atoms with Crippen molar-refractivity contribution in [3.8, 4) is 11.1 Å². The van der Waals surface area contributed by atoms with E-state index < -0.39 is 17.9 Å². The van der Waals surface area contributed by atoms with Gasteiger partial charge in [0.2, 0.25) is 0 Å². The molecule has 1 N–H and O–H groups in total. The molecule has 0 saturated carbocycles. The molecule has 0 aromatic heterocycles. The molecule has 178 valence electrons. The molecule has 0 radical (unpaired) electrons. The molecular weight excluding hydrogens is 453 g/mol. The van der Waals surface area contributed by atoms with Crippen molar-refractivity contribution in [2.45, 2.75) is 32.4 Å². The summed E-state index contributed by atoms with van der Waals surface area (Å²) in [5.41, 5.74) is 5.30. The predicted molar refractivity (Wildman–Crippen MR) is 136 cm³/mol. The number of hydrogen-bond acceptors (Lipinski definition) is 5. The molecule has 0 aliphatic carbocycles. The number of aryl methyl sites for hydroxylation is 1. The van der Waals surface area contributed by atoms with Crippen LogP contribution in [0.15, 0.2) is 72.8 Å². The zero-order chi connectivity index (χ0) is 24.3. The summed E-state index contributed by atoms with van der Waals surface area (Å²) in [6.07, 6.45) is 3.03. The fourth-order valence-electron chi connectivity index (χ4n) is 3.72. The fourth-order valence-corrected chi connectivity index (χ4v) is 4.19. The topological polar surface area (TPSA) is 78.5 Å². The smallest absolute Gasteiger partial charge is 0.548 e. The summed E-state index contributed by atoms with van der Waals surface area (Å²) in [7, 11) is 0. The average Bonchev–Trinajstić information content (AvgIpc) is 2.85. The maximum Gasteiger partial charge on any atom is 1.00 e. The van der Waals surface area contributed by atoms with Gasteiger partial charge < -0.3 is 20.0 Å². The molecule has 3 aromatic rings. The second-order valence-electron chi connectivity index (χ2n) is 8.11. The molecule has 3 rings (SSSR count). The Morgan fingerprint density at radius 3 is 2.37 bits per heavy atom. The number of thioether (sulfide) groups is 1. The SMILES string of the molecule is CSCC[C@H](NC(=O)c1ccc(COCCc2ccccc2)cc1-c1ccccc1C)C(=O)[O-].[Li+]. The molecule has 0 unspecified atom stereocenters. The second-order valence-corrected chi connectivity index (χ2v) is 9.10. The van der Waals surface area contributed by atoms with Crippen LogP contribution in [0.4, 0.5) is 0 Å². The quantitative estimate of drug-likeness (QED) is 0.308. The molecule has 0 spiro atoms. The number of carbonyl (C=O) groups excluding carboxylic acids is 2. The summed E-state index contributed by atoms with van der Waals surface area (Å²) < 4.78 is 5.90. The summed E-state index contributed by atoms with van der Waals surface area (Å²) in [4.78, 5) is 24.6. The number of hydrogen-bond donors (Lipinski definition) is 1. The maximum atomic E-state index is 13.1. The number of aliphatic carboxylic acids is 1. The van der Waals surface area contributed by atoms with Gasteiger partial charge in [0.05, 0.1) is 25.2 Å². The van der Waals surface area contributed by atoms with Crippen molar-refractivity contribution < 1.29 is 38.3 Å². The third-order valence-corrected chi connectivity index (χ3v) is 6.25. The molecule has 0 heterocycles. The van der Waals surface area contributed by atoms with Gasteiger partial charge in [-0.3, -0.25) is 4.79 Å². The number of ether oxygens (including phenoxy) is 1. The Labute approximate surface area is 223 Å². The van der Waals surface area contributed by atoms with Crippen molar-refractivity contribution >= 4 is 23.6 Å². The third kappa shape index (κ3) is 8.59. The van der Waals surface area contributed by atoms with E-state index in [1.807, 2.05) is 67.8 Å². The molecule has 0 saturated heterocycles. The zero-order valence-corrected chi connectivity index (χ0v) is 21.4. The molecule has 35 heavy (non-hydrogen) atoms. The fraction of sp³-hybridized carbons (Fsp3) is 0.286. The van der Waals surface area contributed by atoms with Gasteiger partial charge in [0.15, 0.2) is 0 Å². The predicted octanol–water partition coefficient (Wildman–Crippen LogP) is 1.03. The number of nitrogens with one attached hydrogen (secondary N) is 1. The van der Waals surface area contributed by atoms with Crippen LogP contribution < -0.4 is 29.3 Å². The normalized spacial score (nSPS) is 11.4. The van der Waals surface area contributed by atoms with E-state index in [4.69, 9.17) is 4.74 Å². The van der Waals surface area contributed by atoms with Gasteiger partial charge in [-0.05, 0) is 71.7 Å². The molecule has 0 bridgehead atoms. The van der Waals surface area contributed by atoms with Gasteiger partial charge in [-0.15, -0.1) is 0 Å². The van der Waals surface area contributed by atoms with Crippen LogP contribution in [0, 0.1) is 6.92 Å². The molecule has 7 heteroatoms. The Kier molecular flexibility index (Phi) is 12.2. The van der Waals surface area contributed by atoms with Crippen molar-refractivity contribution in [3.05, 3.63) is 95.1 Å². The zero-order valence-electron chi connectivity index (χ0n) is 20.6. The van der Waals surface area contributed by atoms with E-state index in [1.54, 1.807) is 6.07 Å². The van der Waals surface area contributed by atoms with Crippen LogP contribution in [-0.4, -0.2) is 36.5 Å². The number of carbonyl (C=O) groups is 2. The number of benzene rings is 3. The van der Waals surface area contributed by atoms with Gasteiger partial charge in [0, 0.05) is 5.56 Å². The molecule has 0 fully saturated rings. The first kappa shape index (κ1) is 28.7. The monoisotopic (exact) mass is 483 g/mol. The first-order valence-corrected chi connectivity index (χ1v) is 12.7. The second kappa shape index (κ2) is 14.8. The summed E-state index contributed by atoms with van der Waals surface area (Å²) in [6.45, 7) is 3.00. The minimum Gasteiger partial charge on any atom is -0.548 e. The van der Waals surface area contributed by atoms with Crippen LogP contribution in [0.5, 0.6) is 0 Å². The van der Waals surface area contributed by atoms with E-state index in [0.29, 0.717) is 31.0 Å². The first-order chi connectivity index (χ1) is 16.5. The van der Waals surface area contributed by atoms with Crippen LogP contribution in [0.3, 0.4) is 0 Å². The Bertz CT molecular complexity index is 1110. The number of carboxylic acid groups (broad SMARTS) is 1. The van der Waals surface area contributed by atoms with Gasteiger partial charge in [0.25, 0.3) is 5.91 Å². The van der Waals surface area contributed by atoms with E-state index in [9.17, 15) is 14.7 Å². The van der Waals surface area contributed by atoms with E-state index >= 15 is 0 Å². The van der Waals surface area contributed by atoms with Crippen molar-refractivity contribution in [2.24, 2.45) is 0 Å². The molecule has 0 aliphatic heterocycles. The van der Waals surface area contributed by atoms with E-state index in [0.717, 1.165) is 28.7 Å². The molecular formula is C28H30LiNO4S. The van der Waals surface area contributed by atoms with Crippen molar-refractivity contribution in [3.63, 3.8) is 0 Å². The Balaban J connectivity index is 0.00000432. The maximum absolute atomic E-state index is 13.1. The van der Waals surface area contributed by atoms with E-state index in [1.165, 1.54) is 17.3 Å². The van der Waals surface area contributed by atoms with Crippen LogP contribution >= 0.6 is 11.8 Å². The minimum atomic E-state index is -1.27. The van der Waals surface area contributed by atoms with Crippen LogP contribution in [-0.2, 0) is 22.6 Å². The van der Waals surface area contributed by atoms with E-state index in [2.05, 4.69) is 17.4 Å². The average molecular weight is 484 g/mol. The summed E-state index contributed by atoms with van der Waals surface area (Å²) >= 11 is 1.53.